The summed E-state index contributed by atoms with van der Waals surface area (Å²) < 4.78 is 11.3. The van der Waals surface area contributed by atoms with Crippen LogP contribution in [-0.2, 0) is 7.97 Å². The zero-order chi connectivity index (χ0) is 37.0. The van der Waals surface area contributed by atoms with Crippen molar-refractivity contribution < 1.29 is 4.55 Å². The summed E-state index contributed by atoms with van der Waals surface area (Å²) in [4.78, 5) is 0. The molecule has 51 heavy (non-hydrogen) atoms. The molecule has 0 bridgehead atoms. The van der Waals surface area contributed by atoms with Gasteiger partial charge in [-0.15, -0.1) is 0 Å². The third-order valence-electron chi connectivity index (χ3n) is 1.97. The van der Waals surface area contributed by atoms with Crippen LogP contribution in [0.5, 0.6) is 0 Å². The summed E-state index contributed by atoms with van der Waals surface area (Å²) in [6.45, 7) is 0. The van der Waals surface area contributed by atoms with E-state index in [1.54, 1.807) is 272 Å². The van der Waals surface area contributed by atoms with Crippen LogP contribution in [0.2, 0.25) is 0 Å². The van der Waals surface area contributed by atoms with Gasteiger partial charge in [0.1, 0.15) is 0 Å². The van der Waals surface area contributed by atoms with Gasteiger partial charge >= 0.3 is 131 Å². The molecule has 0 spiro atoms. The molecule has 0 aliphatic carbocycles. The normalized spacial score (nSPS) is 16.1. The van der Waals surface area contributed by atoms with Crippen LogP contribution in [0.1, 0.15) is 0 Å². The van der Waals surface area contributed by atoms with Gasteiger partial charge in [-0.05, 0) is 60.4 Å². The Labute approximate surface area is 390 Å². The van der Waals surface area contributed by atoms with Crippen molar-refractivity contribution in [3.63, 3.8) is 0 Å². The Morgan fingerprint density at radius 1 is 0.314 bits per heavy atom. The Balaban J connectivity index is 4.07. The summed E-state index contributed by atoms with van der Waals surface area (Å²) in [6.07, 6.45) is 0. The molecule has 0 rings (SSSR count). The van der Waals surface area contributed by atoms with Gasteiger partial charge in [0, 0.05) is 196 Å². The van der Waals surface area contributed by atoms with E-state index in [-0.39, 0.29) is 0 Å². The molecule has 0 fully saturated rings. The summed E-state index contributed by atoms with van der Waals surface area (Å²) in [7, 11) is 77.2. The smallest absolute Gasteiger partial charge is 0.0835 e. The molecule has 260 valence electrons. The summed E-state index contributed by atoms with van der Waals surface area (Å²) in [5, 5.41) is 0. The van der Waals surface area contributed by atoms with Gasteiger partial charge in [-0.2, -0.15) is 0 Å². The molecule has 0 aromatic rings. The molecule has 0 N–H and O–H groups in total. The molecular formula is HIOP48S. The standard InChI is InChI=1S/HIOP48S/c1-51(2)50(4)49-48-47-46-45-44-43-42-41-40-39-38-37-36-35-34-33-32-31-30-29-28-27-26-25-24-23-22-21-20-19-18-17-16-15-14-13-12-11-10-9-8-7-6-5-3/h3H. The van der Waals surface area contributed by atoms with Crippen LogP contribution in [0.3, 0.4) is 0 Å². The monoisotopic (exact) mass is 1660 g/mol. The van der Waals surface area contributed by atoms with Gasteiger partial charge in [-0.1, -0.05) is 8.53 Å². The van der Waals surface area contributed by atoms with E-state index in [1.165, 1.54) is 68.0 Å². The zero-order valence-corrected chi connectivity index (χ0v) is 68.7. The quantitative estimate of drug-likeness (QED) is 0.0602. The van der Waals surface area contributed by atoms with E-state index in [0.717, 1.165) is 0 Å². The van der Waals surface area contributed by atoms with Crippen molar-refractivity contribution >= 4 is 392 Å². The molecule has 0 aromatic carbocycles. The molecular weight excluding hydrogens is 1660 g/mol. The summed E-state index contributed by atoms with van der Waals surface area (Å²) in [6, 6.07) is 0. The molecule has 0 saturated carbocycles. The van der Waals surface area contributed by atoms with Gasteiger partial charge < -0.3 is 0 Å². The molecule has 0 radical (unpaired) electrons. The Morgan fingerprint density at radius 3 is 0.588 bits per heavy atom. The predicted molar refractivity (Wildman–Crippen MR) is 356 cm³/mol. The van der Waals surface area contributed by atoms with E-state index in [1.807, 2.05) is 21.2 Å². The minimum absolute atomic E-state index is 0.610. The second-order valence-electron chi connectivity index (χ2n) is 4.49. The van der Waals surface area contributed by atoms with E-state index in [4.69, 9.17) is 0 Å². The third kappa shape index (κ3) is 61.6. The fourth-order valence-electron chi connectivity index (χ4n) is 0.834. The first-order chi connectivity index (χ1) is 25.2. The molecule has 0 aromatic heterocycles. The van der Waals surface area contributed by atoms with E-state index >= 15 is 0 Å². The second kappa shape index (κ2) is 61.7. The first-order valence-corrected chi connectivity index (χ1v) is 90.1. The SMILES string of the molecule is [O-][S+](I)P(#P)P=PP=PP=PP=PP=PP=PP=PP=PP=PP=PP=PP=PP=PP=PP=PP=PP=PP=PP=PP=PP=PP=PP=P. The number of halogens is 1. The van der Waals surface area contributed by atoms with Gasteiger partial charge in [-0.25, -0.2) is 0 Å². The van der Waals surface area contributed by atoms with Crippen molar-refractivity contribution in [2.75, 3.05) is 0 Å². The Kier molecular flexibility index (Phi) is 80.5. The molecule has 0 aliphatic rings. The summed E-state index contributed by atoms with van der Waals surface area (Å²) in [5.74, 6) is -0.610. The maximum absolute atomic E-state index is 11.3. The molecule has 1 nitrogen and oxygen atoms in total. The third-order valence-corrected chi connectivity index (χ3v) is 162. The van der Waals surface area contributed by atoms with Gasteiger partial charge in [0.2, 0.25) is 0 Å². The maximum atomic E-state index is 11.3. The number of hydrogen-bond acceptors (Lipinski definition) is 1. The van der Waals surface area contributed by atoms with Crippen molar-refractivity contribution in [1.29, 1.82) is 0 Å². The van der Waals surface area contributed by atoms with Crippen LogP contribution in [0.4, 0.5) is 0 Å². The predicted octanol–water partition coefficient (Wildman–Crippen LogP) is 41.6. The molecule has 2 unspecified atom stereocenters. The van der Waals surface area contributed by atoms with Crippen molar-refractivity contribution in [1.82, 2.24) is 0 Å². The number of hydrogen-bond donors (Lipinski definition) is 0. The molecule has 0 saturated heterocycles. The van der Waals surface area contributed by atoms with Crippen molar-refractivity contribution in [2.45, 2.75) is 0 Å². The Bertz CT molecular complexity index is 1670. The molecule has 2 atom stereocenters. The van der Waals surface area contributed by atoms with Gasteiger partial charge in [0.25, 0.3) is 0 Å². The minimum atomic E-state index is -0.778. The average Bonchev–Trinajstić information content (AvgIpc) is 3.13. The molecule has 0 amide bonds. The minimum Gasteiger partial charge on any atom is -0.0835 e. The van der Waals surface area contributed by atoms with Crippen molar-refractivity contribution in [2.24, 2.45) is 0 Å². The number of rotatable bonds is 22. The van der Waals surface area contributed by atoms with Crippen LogP contribution in [0, 0.1) is 0 Å². The van der Waals surface area contributed by atoms with Crippen LogP contribution in [-0.4, -0.2) is 4.55 Å². The topological polar surface area (TPSA) is 23.1 Å². The summed E-state index contributed by atoms with van der Waals surface area (Å²) in [5.41, 5.74) is 0. The van der Waals surface area contributed by atoms with Gasteiger partial charge in [0.15, 0.2) is 0 Å². The van der Waals surface area contributed by atoms with Crippen LogP contribution >= 0.6 is 384 Å². The van der Waals surface area contributed by atoms with E-state index < -0.39 is 13.9 Å². The van der Waals surface area contributed by atoms with Gasteiger partial charge in [0.05, 0.1) is 0 Å². The molecule has 0 heterocycles. The average molecular weight is 1660 g/mol. The summed E-state index contributed by atoms with van der Waals surface area (Å²) >= 11 is 1.98. The van der Waals surface area contributed by atoms with E-state index in [0.29, 0.717) is 0 Å². The van der Waals surface area contributed by atoms with Crippen molar-refractivity contribution in [3.8, 4) is 0 Å². The molecule has 51 heteroatoms. The fraction of sp³-hybridized carbons (Fsp3) is 0. The first-order valence-electron chi connectivity index (χ1n) is 9.93. The van der Waals surface area contributed by atoms with E-state index in [2.05, 4.69) is 16.9 Å². The molecule has 0 aliphatic heterocycles. The zero-order valence-electron chi connectivity index (χ0n) is 22.7. The van der Waals surface area contributed by atoms with Crippen LogP contribution in [0.25, 0.3) is 0 Å². The van der Waals surface area contributed by atoms with Crippen LogP contribution in [0.15, 0.2) is 0 Å². The van der Waals surface area contributed by atoms with Crippen molar-refractivity contribution in [3.05, 3.63) is 0 Å². The van der Waals surface area contributed by atoms with Gasteiger partial charge in [-0.3, -0.25) is 0 Å². The fourth-order valence-corrected chi connectivity index (χ4v) is 204. The van der Waals surface area contributed by atoms with E-state index in [9.17, 15) is 4.55 Å². The van der Waals surface area contributed by atoms with Crippen LogP contribution < -0.4 is 0 Å². The Morgan fingerprint density at radius 2 is 0.451 bits per heavy atom. The first kappa shape index (κ1) is 66.6. The second-order valence-corrected chi connectivity index (χ2v) is 122. The Hall–Kier alpha value is 15.6.